The van der Waals surface area contributed by atoms with Gasteiger partial charge in [-0.2, -0.15) is 0 Å². The fourth-order valence-electron chi connectivity index (χ4n) is 1.58. The van der Waals surface area contributed by atoms with Gasteiger partial charge in [-0.05, 0) is 46.1 Å². The molecule has 1 aromatic rings. The Morgan fingerprint density at radius 3 is 2.80 bits per heavy atom. The van der Waals surface area contributed by atoms with Crippen molar-refractivity contribution in [2.24, 2.45) is 5.73 Å². The van der Waals surface area contributed by atoms with E-state index in [9.17, 15) is 4.79 Å². The van der Waals surface area contributed by atoms with Gasteiger partial charge in [-0.3, -0.25) is 4.79 Å². The predicted molar refractivity (Wildman–Crippen MR) is 80.3 cm³/mol. The molecule has 0 aliphatic carbocycles. The number of rotatable bonds is 5. The number of amides is 1. The normalized spacial score (nSPS) is 11.7. The van der Waals surface area contributed by atoms with Crippen molar-refractivity contribution >= 4 is 5.91 Å². The number of nitrogens with one attached hydrogen (secondary N) is 1. The van der Waals surface area contributed by atoms with Gasteiger partial charge >= 0.3 is 0 Å². The molecule has 0 radical (unpaired) electrons. The Labute approximate surface area is 120 Å². The minimum absolute atomic E-state index is 0.114. The molecule has 1 amide bonds. The molecular weight excluding hydrogens is 252 g/mol. The molecule has 0 aliphatic rings. The summed E-state index contributed by atoms with van der Waals surface area (Å²) in [6.45, 7) is 3.23. The van der Waals surface area contributed by atoms with Gasteiger partial charge in [0, 0.05) is 17.8 Å². The highest BCUT2D eigenvalue weighted by Crippen LogP contribution is 2.01. The summed E-state index contributed by atoms with van der Waals surface area (Å²) in [7, 11) is 4.02. The maximum absolute atomic E-state index is 12.0. The first-order valence-electron chi connectivity index (χ1n) is 6.63. The Morgan fingerprint density at radius 1 is 1.50 bits per heavy atom. The van der Waals surface area contributed by atoms with Gasteiger partial charge in [0.2, 0.25) is 0 Å². The summed E-state index contributed by atoms with van der Waals surface area (Å²) in [4.78, 5) is 18.2. The highest BCUT2D eigenvalue weighted by molar-refractivity contribution is 5.92. The van der Waals surface area contributed by atoms with Crippen LogP contribution in [0.4, 0.5) is 0 Å². The van der Waals surface area contributed by atoms with Gasteiger partial charge < -0.3 is 16.0 Å². The predicted octanol–water partition coefficient (Wildman–Crippen LogP) is 0.462. The highest BCUT2D eigenvalue weighted by Gasteiger charge is 2.10. The quantitative estimate of drug-likeness (QED) is 0.765. The van der Waals surface area contributed by atoms with E-state index in [0.717, 1.165) is 18.5 Å². The molecule has 5 heteroatoms. The van der Waals surface area contributed by atoms with Crippen LogP contribution < -0.4 is 11.1 Å². The lowest BCUT2D eigenvalue weighted by molar-refractivity contribution is 0.0931. The minimum Gasteiger partial charge on any atom is -0.348 e. The summed E-state index contributed by atoms with van der Waals surface area (Å²) < 4.78 is 0. The monoisotopic (exact) mass is 274 g/mol. The SMILES string of the molecule is CC(CCN(C)C)NC(=O)c1ccc(C#CCN)cn1. The van der Waals surface area contributed by atoms with Crippen molar-refractivity contribution in [3.63, 3.8) is 0 Å². The minimum atomic E-state index is -0.158. The molecule has 0 aromatic carbocycles. The van der Waals surface area contributed by atoms with Crippen LogP contribution in [0.2, 0.25) is 0 Å². The summed E-state index contributed by atoms with van der Waals surface area (Å²) in [5, 5.41) is 2.93. The molecular formula is C15H22N4O. The van der Waals surface area contributed by atoms with Gasteiger partial charge in [-0.25, -0.2) is 4.98 Å². The molecule has 0 aliphatic heterocycles. The number of nitrogens with two attached hydrogens (primary N) is 1. The number of nitrogens with zero attached hydrogens (tertiary/aromatic N) is 2. The molecule has 108 valence electrons. The van der Waals surface area contributed by atoms with E-state index in [-0.39, 0.29) is 11.9 Å². The van der Waals surface area contributed by atoms with Crippen LogP contribution in [0.25, 0.3) is 0 Å². The van der Waals surface area contributed by atoms with Crippen LogP contribution in [-0.4, -0.2) is 49.0 Å². The molecule has 1 unspecified atom stereocenters. The molecule has 3 N–H and O–H groups in total. The van der Waals surface area contributed by atoms with Crippen molar-refractivity contribution in [2.75, 3.05) is 27.2 Å². The van der Waals surface area contributed by atoms with E-state index in [1.54, 1.807) is 18.3 Å². The van der Waals surface area contributed by atoms with Crippen molar-refractivity contribution in [1.82, 2.24) is 15.2 Å². The molecule has 0 fully saturated rings. The summed E-state index contributed by atoms with van der Waals surface area (Å²) >= 11 is 0. The standard InChI is InChI=1S/C15H22N4O/c1-12(8-10-19(2)3)18-15(20)14-7-6-13(11-17-14)5-4-9-16/h6-7,11-12H,8-10,16H2,1-3H3,(H,18,20). The third kappa shape index (κ3) is 5.83. The van der Waals surface area contributed by atoms with E-state index >= 15 is 0 Å². The Bertz CT molecular complexity index is 485. The van der Waals surface area contributed by atoms with Crippen LogP contribution >= 0.6 is 0 Å². The molecule has 1 atom stereocenters. The van der Waals surface area contributed by atoms with Gasteiger partial charge in [0.15, 0.2) is 0 Å². The van der Waals surface area contributed by atoms with Crippen LogP contribution in [0.1, 0.15) is 29.4 Å². The topological polar surface area (TPSA) is 71.2 Å². The molecule has 20 heavy (non-hydrogen) atoms. The fraction of sp³-hybridized carbons (Fsp3) is 0.467. The molecule has 1 heterocycles. The second kappa shape index (κ2) is 8.31. The first-order valence-corrected chi connectivity index (χ1v) is 6.63. The lowest BCUT2D eigenvalue weighted by Gasteiger charge is -2.16. The van der Waals surface area contributed by atoms with Crippen molar-refractivity contribution < 1.29 is 4.79 Å². The van der Waals surface area contributed by atoms with Crippen molar-refractivity contribution in [2.45, 2.75) is 19.4 Å². The van der Waals surface area contributed by atoms with Gasteiger partial charge in [-0.1, -0.05) is 11.8 Å². The molecule has 0 bridgehead atoms. The average Bonchev–Trinajstić information content (AvgIpc) is 2.43. The number of carbonyl (C=O) groups is 1. The van der Waals surface area contributed by atoms with Crippen LogP contribution in [0.15, 0.2) is 18.3 Å². The third-order valence-electron chi connectivity index (χ3n) is 2.72. The Hall–Kier alpha value is -1.90. The van der Waals surface area contributed by atoms with E-state index in [0.29, 0.717) is 12.2 Å². The van der Waals surface area contributed by atoms with Crippen molar-refractivity contribution in [3.05, 3.63) is 29.6 Å². The lowest BCUT2D eigenvalue weighted by Crippen LogP contribution is -2.35. The molecule has 0 spiro atoms. The zero-order chi connectivity index (χ0) is 15.0. The number of pyridine rings is 1. The van der Waals surface area contributed by atoms with Crippen LogP contribution in [-0.2, 0) is 0 Å². The number of aromatic nitrogens is 1. The van der Waals surface area contributed by atoms with Crippen LogP contribution in [0, 0.1) is 11.8 Å². The molecule has 1 aromatic heterocycles. The van der Waals surface area contributed by atoms with Gasteiger partial charge in [0.25, 0.3) is 5.91 Å². The van der Waals surface area contributed by atoms with Crippen LogP contribution in [0.5, 0.6) is 0 Å². The first-order chi connectivity index (χ1) is 9.52. The summed E-state index contributed by atoms with van der Waals surface area (Å²) in [5.74, 6) is 5.46. The second-order valence-electron chi connectivity index (χ2n) is 4.90. The number of hydrogen-bond acceptors (Lipinski definition) is 4. The van der Waals surface area contributed by atoms with Crippen molar-refractivity contribution in [3.8, 4) is 11.8 Å². The third-order valence-corrected chi connectivity index (χ3v) is 2.72. The average molecular weight is 274 g/mol. The maximum Gasteiger partial charge on any atom is 0.270 e. The molecule has 0 saturated carbocycles. The summed E-state index contributed by atoms with van der Waals surface area (Å²) in [5.41, 5.74) is 6.46. The van der Waals surface area contributed by atoms with Crippen molar-refractivity contribution in [1.29, 1.82) is 0 Å². The molecule has 0 saturated heterocycles. The van der Waals surface area contributed by atoms with Gasteiger partial charge in [0.1, 0.15) is 5.69 Å². The van der Waals surface area contributed by atoms with Gasteiger partial charge in [-0.15, -0.1) is 0 Å². The number of hydrogen-bond donors (Lipinski definition) is 2. The highest BCUT2D eigenvalue weighted by atomic mass is 16.1. The second-order valence-corrected chi connectivity index (χ2v) is 4.90. The summed E-state index contributed by atoms with van der Waals surface area (Å²) in [6.07, 6.45) is 2.49. The summed E-state index contributed by atoms with van der Waals surface area (Å²) in [6, 6.07) is 3.56. The first kappa shape index (κ1) is 16.2. The Morgan fingerprint density at radius 2 is 2.25 bits per heavy atom. The Balaban J connectivity index is 2.55. The zero-order valence-corrected chi connectivity index (χ0v) is 12.3. The van der Waals surface area contributed by atoms with E-state index in [4.69, 9.17) is 5.73 Å². The van der Waals surface area contributed by atoms with Crippen LogP contribution in [0.3, 0.4) is 0 Å². The Kier molecular flexibility index (Phi) is 6.71. The smallest absolute Gasteiger partial charge is 0.270 e. The number of carbonyl (C=O) groups excluding carboxylic acids is 1. The maximum atomic E-state index is 12.0. The lowest BCUT2D eigenvalue weighted by atomic mass is 10.2. The zero-order valence-electron chi connectivity index (χ0n) is 12.3. The largest absolute Gasteiger partial charge is 0.348 e. The molecule has 1 rings (SSSR count). The fourth-order valence-corrected chi connectivity index (χ4v) is 1.58. The van der Waals surface area contributed by atoms with E-state index in [1.807, 2.05) is 21.0 Å². The van der Waals surface area contributed by atoms with E-state index in [2.05, 4.69) is 27.0 Å². The molecule has 5 nitrogen and oxygen atoms in total. The van der Waals surface area contributed by atoms with E-state index < -0.39 is 0 Å². The van der Waals surface area contributed by atoms with E-state index in [1.165, 1.54) is 0 Å². The van der Waals surface area contributed by atoms with Gasteiger partial charge in [0.05, 0.1) is 6.54 Å².